The van der Waals surface area contributed by atoms with Crippen molar-refractivity contribution < 1.29 is 14.2 Å². The highest BCUT2D eigenvalue weighted by molar-refractivity contribution is 5.40. The first-order chi connectivity index (χ1) is 8.26. The number of benzene rings is 1. The normalized spacial score (nSPS) is 9.59. The van der Waals surface area contributed by atoms with Crippen LogP contribution in [0.3, 0.4) is 0 Å². The Kier molecular flexibility index (Phi) is 6.13. The largest absolute Gasteiger partial charge is 0.493 e. The van der Waals surface area contributed by atoms with Gasteiger partial charge in [0.15, 0.2) is 0 Å². The van der Waals surface area contributed by atoms with Crippen LogP contribution in [0.1, 0.15) is 31.7 Å². The van der Waals surface area contributed by atoms with Crippen molar-refractivity contribution in [3.8, 4) is 17.6 Å². The van der Waals surface area contributed by atoms with E-state index in [0.29, 0.717) is 24.3 Å². The highest BCUT2D eigenvalue weighted by atomic mass is 19.1. The van der Waals surface area contributed by atoms with Crippen LogP contribution in [-0.4, -0.2) is 18.3 Å². The van der Waals surface area contributed by atoms with E-state index in [0.717, 1.165) is 12.8 Å². The molecule has 0 radical (unpaired) electrons. The van der Waals surface area contributed by atoms with Crippen LogP contribution in [0.4, 0.5) is 4.39 Å². The fourth-order valence-corrected chi connectivity index (χ4v) is 1.27. The Morgan fingerprint density at radius 1 is 1.35 bits per heavy atom. The first-order valence-corrected chi connectivity index (χ1v) is 5.79. The van der Waals surface area contributed by atoms with Gasteiger partial charge in [-0.15, -0.1) is 0 Å². The maximum atomic E-state index is 13.2. The number of hydrogen-bond donors (Lipinski definition) is 1. The minimum absolute atomic E-state index is 0.0160. The zero-order valence-electron chi connectivity index (χ0n) is 10.0. The zero-order valence-corrected chi connectivity index (χ0v) is 10.0. The Morgan fingerprint density at radius 2 is 2.18 bits per heavy atom. The summed E-state index contributed by atoms with van der Waals surface area (Å²) in [5, 5.41) is 8.60. The molecule has 0 aliphatic rings. The number of halogens is 1. The third-order valence-corrected chi connectivity index (χ3v) is 2.11. The third kappa shape index (κ3) is 5.37. The second-order valence-electron chi connectivity index (χ2n) is 3.65. The van der Waals surface area contributed by atoms with Crippen LogP contribution in [0.15, 0.2) is 18.2 Å². The molecule has 0 saturated carbocycles. The standard InChI is InChI=1S/C14H17FO2/c1-2-3-8-17-14-10-12(6-4-5-7-16)9-13(15)11-14/h9-11,16H,2-3,5,7-8H2,1H3. The van der Waals surface area contributed by atoms with E-state index in [1.54, 1.807) is 6.07 Å². The van der Waals surface area contributed by atoms with Gasteiger partial charge in [0.2, 0.25) is 0 Å². The first-order valence-electron chi connectivity index (χ1n) is 5.79. The number of aliphatic hydroxyl groups is 1. The van der Waals surface area contributed by atoms with Crippen molar-refractivity contribution in [2.75, 3.05) is 13.2 Å². The van der Waals surface area contributed by atoms with Crippen LogP contribution >= 0.6 is 0 Å². The Morgan fingerprint density at radius 3 is 2.88 bits per heavy atom. The van der Waals surface area contributed by atoms with Gasteiger partial charge >= 0.3 is 0 Å². The van der Waals surface area contributed by atoms with E-state index < -0.39 is 0 Å². The average molecular weight is 236 g/mol. The molecule has 0 bridgehead atoms. The van der Waals surface area contributed by atoms with Crippen molar-refractivity contribution in [1.29, 1.82) is 0 Å². The average Bonchev–Trinajstić information content (AvgIpc) is 2.29. The van der Waals surface area contributed by atoms with Crippen LogP contribution in [0.2, 0.25) is 0 Å². The van der Waals surface area contributed by atoms with Crippen molar-refractivity contribution >= 4 is 0 Å². The number of aliphatic hydroxyl groups excluding tert-OH is 1. The summed E-state index contributed by atoms with van der Waals surface area (Å²) in [6.07, 6.45) is 2.38. The molecule has 0 amide bonds. The second kappa shape index (κ2) is 7.70. The predicted molar refractivity (Wildman–Crippen MR) is 65.4 cm³/mol. The summed E-state index contributed by atoms with van der Waals surface area (Å²) in [6.45, 7) is 2.67. The van der Waals surface area contributed by atoms with Crippen LogP contribution in [0, 0.1) is 17.7 Å². The van der Waals surface area contributed by atoms with E-state index in [4.69, 9.17) is 9.84 Å². The van der Waals surface area contributed by atoms with E-state index in [9.17, 15) is 4.39 Å². The Hall–Kier alpha value is -1.53. The molecule has 0 spiro atoms. The molecule has 0 aromatic heterocycles. The molecule has 17 heavy (non-hydrogen) atoms. The van der Waals surface area contributed by atoms with Gasteiger partial charge < -0.3 is 9.84 Å². The Balaban J connectivity index is 2.69. The van der Waals surface area contributed by atoms with Crippen molar-refractivity contribution in [3.63, 3.8) is 0 Å². The van der Waals surface area contributed by atoms with Gasteiger partial charge in [0.25, 0.3) is 0 Å². The molecule has 1 rings (SSSR count). The Labute approximate surface area is 101 Å². The summed E-state index contributed by atoms with van der Waals surface area (Å²) in [4.78, 5) is 0. The van der Waals surface area contributed by atoms with Crippen LogP contribution in [0.25, 0.3) is 0 Å². The molecule has 0 fully saturated rings. The number of unbranched alkanes of at least 4 members (excludes halogenated alkanes) is 1. The van der Waals surface area contributed by atoms with E-state index >= 15 is 0 Å². The molecule has 3 heteroatoms. The number of ether oxygens (including phenoxy) is 1. The lowest BCUT2D eigenvalue weighted by Crippen LogP contribution is -1.97. The quantitative estimate of drug-likeness (QED) is 0.629. The van der Waals surface area contributed by atoms with Gasteiger partial charge in [0.1, 0.15) is 11.6 Å². The van der Waals surface area contributed by atoms with Gasteiger partial charge in [-0.2, -0.15) is 0 Å². The molecule has 1 aromatic carbocycles. The van der Waals surface area contributed by atoms with Crippen molar-refractivity contribution in [3.05, 3.63) is 29.6 Å². The molecule has 2 nitrogen and oxygen atoms in total. The lowest BCUT2D eigenvalue weighted by atomic mass is 10.2. The van der Waals surface area contributed by atoms with Gasteiger partial charge in [-0.1, -0.05) is 25.2 Å². The summed E-state index contributed by atoms with van der Waals surface area (Å²) >= 11 is 0. The molecular weight excluding hydrogens is 219 g/mol. The summed E-state index contributed by atoms with van der Waals surface area (Å²) in [7, 11) is 0. The van der Waals surface area contributed by atoms with Crippen LogP contribution in [0.5, 0.6) is 5.75 Å². The van der Waals surface area contributed by atoms with Gasteiger partial charge in [-0.25, -0.2) is 4.39 Å². The molecule has 0 atom stereocenters. The molecule has 1 N–H and O–H groups in total. The monoisotopic (exact) mass is 236 g/mol. The minimum Gasteiger partial charge on any atom is -0.493 e. The van der Waals surface area contributed by atoms with Crippen LogP contribution < -0.4 is 4.74 Å². The topological polar surface area (TPSA) is 29.5 Å². The summed E-state index contributed by atoms with van der Waals surface area (Å²) in [5.41, 5.74) is 0.574. The molecule has 0 heterocycles. The maximum Gasteiger partial charge on any atom is 0.128 e. The minimum atomic E-state index is -0.354. The van der Waals surface area contributed by atoms with E-state index in [1.807, 2.05) is 0 Å². The third-order valence-electron chi connectivity index (χ3n) is 2.11. The molecule has 1 aromatic rings. The van der Waals surface area contributed by atoms with Crippen molar-refractivity contribution in [2.45, 2.75) is 26.2 Å². The van der Waals surface area contributed by atoms with Gasteiger partial charge in [0.05, 0.1) is 13.2 Å². The fourth-order valence-electron chi connectivity index (χ4n) is 1.27. The second-order valence-corrected chi connectivity index (χ2v) is 3.65. The molecule has 0 unspecified atom stereocenters. The number of hydrogen-bond acceptors (Lipinski definition) is 2. The SMILES string of the molecule is CCCCOc1cc(F)cc(C#CCCO)c1. The van der Waals surface area contributed by atoms with Gasteiger partial charge in [-0.3, -0.25) is 0 Å². The van der Waals surface area contributed by atoms with Crippen LogP contribution in [-0.2, 0) is 0 Å². The van der Waals surface area contributed by atoms with Gasteiger partial charge in [-0.05, 0) is 18.6 Å². The lowest BCUT2D eigenvalue weighted by molar-refractivity contribution is 0.305. The maximum absolute atomic E-state index is 13.2. The highest BCUT2D eigenvalue weighted by Crippen LogP contribution is 2.16. The van der Waals surface area contributed by atoms with Crippen molar-refractivity contribution in [1.82, 2.24) is 0 Å². The highest BCUT2D eigenvalue weighted by Gasteiger charge is 2.00. The summed E-state index contributed by atoms with van der Waals surface area (Å²) in [6, 6.07) is 4.42. The molecular formula is C14H17FO2. The first kappa shape index (κ1) is 13.5. The molecule has 0 saturated heterocycles. The summed E-state index contributed by atoms with van der Waals surface area (Å²) in [5.74, 6) is 5.69. The Bertz CT molecular complexity index is 404. The molecule has 92 valence electrons. The van der Waals surface area contributed by atoms with Gasteiger partial charge in [0, 0.05) is 18.1 Å². The zero-order chi connectivity index (χ0) is 12.5. The van der Waals surface area contributed by atoms with E-state index in [-0.39, 0.29) is 12.4 Å². The van der Waals surface area contributed by atoms with E-state index in [1.165, 1.54) is 12.1 Å². The van der Waals surface area contributed by atoms with Crippen molar-refractivity contribution in [2.24, 2.45) is 0 Å². The molecule has 0 aliphatic carbocycles. The van der Waals surface area contributed by atoms with E-state index in [2.05, 4.69) is 18.8 Å². The summed E-state index contributed by atoms with van der Waals surface area (Å²) < 4.78 is 18.7. The fraction of sp³-hybridized carbons (Fsp3) is 0.429. The number of rotatable bonds is 5. The molecule has 0 aliphatic heterocycles. The predicted octanol–water partition coefficient (Wildman–Crippen LogP) is 2.74. The smallest absolute Gasteiger partial charge is 0.128 e. The lowest BCUT2D eigenvalue weighted by Gasteiger charge is -2.05.